The molecular formula is C14H18FN3O2. The number of rotatable bonds is 2. The first-order valence-electron chi connectivity index (χ1n) is 6.59. The third-order valence-corrected chi connectivity index (χ3v) is 3.07. The molecule has 5 nitrogen and oxygen atoms in total. The second kappa shape index (κ2) is 5.90. The number of nitrogens with zero attached hydrogens (tertiary/aromatic N) is 1. The van der Waals surface area contributed by atoms with Crippen LogP contribution in [0.5, 0.6) is 0 Å². The summed E-state index contributed by atoms with van der Waals surface area (Å²) >= 11 is 0. The van der Waals surface area contributed by atoms with E-state index in [1.165, 1.54) is 29.2 Å². The Labute approximate surface area is 117 Å². The van der Waals surface area contributed by atoms with Gasteiger partial charge in [-0.1, -0.05) is 12.1 Å². The van der Waals surface area contributed by atoms with E-state index in [4.69, 9.17) is 0 Å². The molecule has 1 heterocycles. The SMILES string of the molecule is CC(C)NC(=O)N1CCNC(=O)C1c1ccc(F)cc1. The first kappa shape index (κ1) is 14.3. The molecule has 0 bridgehead atoms. The van der Waals surface area contributed by atoms with E-state index in [1.807, 2.05) is 13.8 Å². The maximum Gasteiger partial charge on any atom is 0.318 e. The standard InChI is InChI=1S/C14H18FN3O2/c1-9(2)17-14(20)18-8-7-16-13(19)12(18)10-3-5-11(15)6-4-10/h3-6,9,12H,7-8H2,1-2H3,(H,16,19)(H,17,20). The van der Waals surface area contributed by atoms with Crippen molar-refractivity contribution in [1.82, 2.24) is 15.5 Å². The van der Waals surface area contributed by atoms with E-state index in [2.05, 4.69) is 10.6 Å². The van der Waals surface area contributed by atoms with Crippen LogP contribution in [-0.4, -0.2) is 36.0 Å². The molecule has 0 aliphatic carbocycles. The Kier molecular flexibility index (Phi) is 4.22. The molecule has 0 spiro atoms. The van der Waals surface area contributed by atoms with Gasteiger partial charge in [0.15, 0.2) is 0 Å². The van der Waals surface area contributed by atoms with Gasteiger partial charge in [-0.25, -0.2) is 9.18 Å². The van der Waals surface area contributed by atoms with Crippen LogP contribution in [0.4, 0.5) is 9.18 Å². The number of amides is 3. The molecule has 20 heavy (non-hydrogen) atoms. The minimum atomic E-state index is -0.719. The molecule has 1 aromatic carbocycles. The zero-order valence-corrected chi connectivity index (χ0v) is 11.5. The average Bonchev–Trinajstić information content (AvgIpc) is 2.39. The lowest BCUT2D eigenvalue weighted by Gasteiger charge is -2.35. The molecule has 3 amide bonds. The van der Waals surface area contributed by atoms with Crippen molar-refractivity contribution in [2.75, 3.05) is 13.1 Å². The maximum atomic E-state index is 13.0. The zero-order valence-electron chi connectivity index (χ0n) is 11.5. The molecule has 1 atom stereocenters. The largest absolute Gasteiger partial charge is 0.352 e. The van der Waals surface area contributed by atoms with Crippen LogP contribution >= 0.6 is 0 Å². The van der Waals surface area contributed by atoms with Crippen molar-refractivity contribution in [3.63, 3.8) is 0 Å². The van der Waals surface area contributed by atoms with Gasteiger partial charge in [-0.2, -0.15) is 0 Å². The quantitative estimate of drug-likeness (QED) is 0.860. The van der Waals surface area contributed by atoms with Gasteiger partial charge in [0.2, 0.25) is 5.91 Å². The normalized spacial score (nSPS) is 18.9. The van der Waals surface area contributed by atoms with E-state index in [1.54, 1.807) is 0 Å². The molecule has 0 saturated carbocycles. The number of urea groups is 1. The van der Waals surface area contributed by atoms with Gasteiger partial charge in [-0.3, -0.25) is 4.79 Å². The molecule has 1 aromatic rings. The van der Waals surface area contributed by atoms with Crippen molar-refractivity contribution in [3.05, 3.63) is 35.6 Å². The van der Waals surface area contributed by atoms with Gasteiger partial charge in [0.05, 0.1) is 0 Å². The Balaban J connectivity index is 2.26. The summed E-state index contributed by atoms with van der Waals surface area (Å²) in [5.41, 5.74) is 0.600. The second-order valence-corrected chi connectivity index (χ2v) is 5.04. The van der Waals surface area contributed by atoms with Crippen LogP contribution in [0.1, 0.15) is 25.5 Å². The Hall–Kier alpha value is -2.11. The number of halogens is 1. The van der Waals surface area contributed by atoms with E-state index in [-0.39, 0.29) is 23.8 Å². The number of benzene rings is 1. The molecule has 1 fully saturated rings. The number of piperazine rings is 1. The van der Waals surface area contributed by atoms with Crippen LogP contribution in [0.15, 0.2) is 24.3 Å². The highest BCUT2D eigenvalue weighted by molar-refractivity contribution is 5.89. The fourth-order valence-electron chi connectivity index (χ4n) is 2.19. The van der Waals surface area contributed by atoms with Crippen molar-refractivity contribution >= 4 is 11.9 Å². The number of hydrogen-bond acceptors (Lipinski definition) is 2. The highest BCUT2D eigenvalue weighted by atomic mass is 19.1. The highest BCUT2D eigenvalue weighted by Crippen LogP contribution is 2.23. The van der Waals surface area contributed by atoms with Crippen LogP contribution < -0.4 is 10.6 Å². The number of nitrogens with one attached hydrogen (secondary N) is 2. The Morgan fingerprint density at radius 3 is 2.65 bits per heavy atom. The Bertz CT molecular complexity index is 502. The summed E-state index contributed by atoms with van der Waals surface area (Å²) in [4.78, 5) is 25.7. The monoisotopic (exact) mass is 279 g/mol. The smallest absolute Gasteiger partial charge is 0.318 e. The molecule has 2 N–H and O–H groups in total. The van der Waals surface area contributed by atoms with Gasteiger partial charge < -0.3 is 15.5 Å². The predicted octanol–water partition coefficient (Wildman–Crippen LogP) is 1.42. The summed E-state index contributed by atoms with van der Waals surface area (Å²) in [5, 5.41) is 5.51. The highest BCUT2D eigenvalue weighted by Gasteiger charge is 2.34. The molecule has 2 rings (SSSR count). The average molecular weight is 279 g/mol. The van der Waals surface area contributed by atoms with Gasteiger partial charge in [-0.05, 0) is 31.5 Å². The van der Waals surface area contributed by atoms with Crippen molar-refractivity contribution in [2.45, 2.75) is 25.9 Å². The van der Waals surface area contributed by atoms with E-state index in [0.29, 0.717) is 18.7 Å². The van der Waals surface area contributed by atoms with E-state index < -0.39 is 6.04 Å². The molecule has 1 saturated heterocycles. The maximum absolute atomic E-state index is 13.0. The second-order valence-electron chi connectivity index (χ2n) is 5.04. The molecule has 0 radical (unpaired) electrons. The molecule has 1 aliphatic rings. The van der Waals surface area contributed by atoms with E-state index in [9.17, 15) is 14.0 Å². The van der Waals surface area contributed by atoms with Gasteiger partial charge in [0.25, 0.3) is 0 Å². The van der Waals surface area contributed by atoms with Gasteiger partial charge in [0.1, 0.15) is 11.9 Å². The summed E-state index contributed by atoms with van der Waals surface area (Å²) in [7, 11) is 0. The molecule has 6 heteroatoms. The third kappa shape index (κ3) is 3.07. The number of hydrogen-bond donors (Lipinski definition) is 2. The summed E-state index contributed by atoms with van der Waals surface area (Å²) in [6.07, 6.45) is 0. The summed E-state index contributed by atoms with van der Waals surface area (Å²) in [6.45, 7) is 4.55. The number of carbonyl (C=O) groups excluding carboxylic acids is 2. The molecular weight excluding hydrogens is 261 g/mol. The van der Waals surface area contributed by atoms with Gasteiger partial charge >= 0.3 is 6.03 Å². The van der Waals surface area contributed by atoms with Crippen LogP contribution in [0.25, 0.3) is 0 Å². The predicted molar refractivity (Wildman–Crippen MR) is 72.5 cm³/mol. The van der Waals surface area contributed by atoms with Crippen molar-refractivity contribution in [2.24, 2.45) is 0 Å². The zero-order chi connectivity index (χ0) is 14.7. The first-order chi connectivity index (χ1) is 9.49. The fourth-order valence-corrected chi connectivity index (χ4v) is 2.19. The van der Waals surface area contributed by atoms with Crippen molar-refractivity contribution in [1.29, 1.82) is 0 Å². The summed E-state index contributed by atoms with van der Waals surface area (Å²) < 4.78 is 13.0. The number of carbonyl (C=O) groups is 2. The first-order valence-corrected chi connectivity index (χ1v) is 6.59. The van der Waals surface area contributed by atoms with Crippen LogP contribution in [0, 0.1) is 5.82 Å². The van der Waals surface area contributed by atoms with Crippen LogP contribution in [0.3, 0.4) is 0 Å². The lowest BCUT2D eigenvalue weighted by Crippen LogP contribution is -2.55. The Morgan fingerprint density at radius 1 is 1.40 bits per heavy atom. The van der Waals surface area contributed by atoms with E-state index in [0.717, 1.165) is 0 Å². The summed E-state index contributed by atoms with van der Waals surface area (Å²) in [5.74, 6) is -0.620. The topological polar surface area (TPSA) is 61.4 Å². The van der Waals surface area contributed by atoms with Gasteiger partial charge in [-0.15, -0.1) is 0 Å². The van der Waals surface area contributed by atoms with Crippen molar-refractivity contribution < 1.29 is 14.0 Å². The van der Waals surface area contributed by atoms with Gasteiger partial charge in [0, 0.05) is 19.1 Å². The summed E-state index contributed by atoms with van der Waals surface area (Å²) in [6, 6.07) is 4.61. The van der Waals surface area contributed by atoms with Crippen molar-refractivity contribution in [3.8, 4) is 0 Å². The Morgan fingerprint density at radius 2 is 2.05 bits per heavy atom. The minimum absolute atomic E-state index is 0.0126. The lowest BCUT2D eigenvalue weighted by atomic mass is 10.0. The molecule has 108 valence electrons. The molecule has 0 aromatic heterocycles. The lowest BCUT2D eigenvalue weighted by molar-refractivity contribution is -0.127. The fraction of sp³-hybridized carbons (Fsp3) is 0.429. The van der Waals surface area contributed by atoms with Crippen LogP contribution in [0.2, 0.25) is 0 Å². The van der Waals surface area contributed by atoms with E-state index >= 15 is 0 Å². The minimum Gasteiger partial charge on any atom is -0.352 e. The third-order valence-electron chi connectivity index (χ3n) is 3.07. The van der Waals surface area contributed by atoms with Crippen LogP contribution in [-0.2, 0) is 4.79 Å². The molecule has 1 unspecified atom stereocenters. The molecule has 1 aliphatic heterocycles.